The second-order valence-electron chi connectivity index (χ2n) is 6.85. The smallest absolute Gasteiger partial charge is 0.138 e. The van der Waals surface area contributed by atoms with Crippen LogP contribution in [0.4, 0.5) is 0 Å². The molecular formula is C22H26ClN3O. The summed E-state index contributed by atoms with van der Waals surface area (Å²) in [4.78, 5) is 0. The predicted octanol–water partition coefficient (Wildman–Crippen LogP) is 5.68. The highest BCUT2D eigenvalue weighted by Gasteiger charge is 2.10. The fraction of sp³-hybridized carbons (Fsp3) is 0.318. The van der Waals surface area contributed by atoms with E-state index < -0.39 is 0 Å². The standard InChI is InChI=1S/C22H26ClN3O/c1-4-11-24-14-16-5-7-17(8-6-16)20-13-21(26-25-20)18-9-10-22(19(23)12-18)27-15(2)3/h5-10,12-13,15,24H,4,11,14H2,1-3H3,(H,25,26). The molecule has 0 bridgehead atoms. The van der Waals surface area contributed by atoms with Crippen molar-refractivity contribution in [1.29, 1.82) is 0 Å². The van der Waals surface area contributed by atoms with Gasteiger partial charge in [-0.05, 0) is 62.2 Å². The van der Waals surface area contributed by atoms with Gasteiger partial charge in [0.25, 0.3) is 0 Å². The number of H-pyrrole nitrogens is 1. The van der Waals surface area contributed by atoms with Crippen molar-refractivity contribution in [2.75, 3.05) is 6.54 Å². The molecule has 1 aromatic heterocycles. The first-order valence-electron chi connectivity index (χ1n) is 9.39. The van der Waals surface area contributed by atoms with Crippen LogP contribution in [0.2, 0.25) is 5.02 Å². The van der Waals surface area contributed by atoms with Gasteiger partial charge in [-0.3, -0.25) is 5.10 Å². The lowest BCUT2D eigenvalue weighted by Gasteiger charge is -2.11. The Labute approximate surface area is 165 Å². The van der Waals surface area contributed by atoms with Gasteiger partial charge < -0.3 is 10.1 Å². The minimum atomic E-state index is 0.0884. The van der Waals surface area contributed by atoms with E-state index in [1.165, 1.54) is 5.56 Å². The molecule has 0 radical (unpaired) electrons. The minimum absolute atomic E-state index is 0.0884. The summed E-state index contributed by atoms with van der Waals surface area (Å²) in [7, 11) is 0. The van der Waals surface area contributed by atoms with Gasteiger partial charge in [0.1, 0.15) is 5.75 Å². The van der Waals surface area contributed by atoms with E-state index in [0.29, 0.717) is 10.8 Å². The summed E-state index contributed by atoms with van der Waals surface area (Å²) in [6.45, 7) is 8.07. The lowest BCUT2D eigenvalue weighted by Crippen LogP contribution is -2.13. The predicted molar refractivity (Wildman–Crippen MR) is 112 cm³/mol. The van der Waals surface area contributed by atoms with Crippen LogP contribution >= 0.6 is 11.6 Å². The van der Waals surface area contributed by atoms with Crippen LogP contribution in [0.1, 0.15) is 32.8 Å². The minimum Gasteiger partial charge on any atom is -0.489 e. The average Bonchev–Trinajstić information content (AvgIpc) is 3.14. The van der Waals surface area contributed by atoms with Crippen LogP contribution in [0.15, 0.2) is 48.5 Å². The third-order valence-electron chi connectivity index (χ3n) is 4.19. The number of halogens is 1. The Morgan fingerprint density at radius 1 is 1.07 bits per heavy atom. The first-order valence-corrected chi connectivity index (χ1v) is 9.76. The van der Waals surface area contributed by atoms with Crippen molar-refractivity contribution in [2.45, 2.75) is 39.8 Å². The lowest BCUT2D eigenvalue weighted by atomic mass is 10.1. The van der Waals surface area contributed by atoms with E-state index in [2.05, 4.69) is 46.7 Å². The number of nitrogens with zero attached hydrogens (tertiary/aromatic N) is 1. The third kappa shape index (κ3) is 5.12. The highest BCUT2D eigenvalue weighted by atomic mass is 35.5. The summed E-state index contributed by atoms with van der Waals surface area (Å²) in [5.74, 6) is 0.693. The molecule has 0 aliphatic carbocycles. The molecule has 0 amide bonds. The molecule has 4 nitrogen and oxygen atoms in total. The van der Waals surface area contributed by atoms with Crippen LogP contribution in [-0.4, -0.2) is 22.8 Å². The molecule has 0 aliphatic rings. The van der Waals surface area contributed by atoms with Crippen molar-refractivity contribution < 1.29 is 4.74 Å². The number of aromatic amines is 1. The zero-order valence-electron chi connectivity index (χ0n) is 16.1. The molecule has 5 heteroatoms. The Morgan fingerprint density at radius 3 is 2.48 bits per heavy atom. The molecule has 0 unspecified atom stereocenters. The topological polar surface area (TPSA) is 49.9 Å². The van der Waals surface area contributed by atoms with E-state index >= 15 is 0 Å². The second-order valence-corrected chi connectivity index (χ2v) is 7.26. The monoisotopic (exact) mass is 383 g/mol. The number of ether oxygens (including phenoxy) is 1. The van der Waals surface area contributed by atoms with Crippen LogP contribution in [0.5, 0.6) is 5.75 Å². The molecule has 0 saturated heterocycles. The largest absolute Gasteiger partial charge is 0.489 e. The Balaban J connectivity index is 1.74. The molecule has 27 heavy (non-hydrogen) atoms. The fourth-order valence-corrected chi connectivity index (χ4v) is 3.06. The van der Waals surface area contributed by atoms with Crippen molar-refractivity contribution in [3.05, 3.63) is 59.1 Å². The first kappa shape index (κ1) is 19.5. The van der Waals surface area contributed by atoms with Gasteiger partial charge in [-0.2, -0.15) is 5.10 Å². The van der Waals surface area contributed by atoms with Crippen molar-refractivity contribution in [1.82, 2.24) is 15.5 Å². The molecule has 0 saturated carbocycles. The molecule has 0 spiro atoms. The summed E-state index contributed by atoms with van der Waals surface area (Å²) >= 11 is 6.35. The molecule has 0 fully saturated rings. The van der Waals surface area contributed by atoms with Crippen LogP contribution < -0.4 is 10.1 Å². The Kier molecular flexibility index (Phi) is 6.54. The van der Waals surface area contributed by atoms with Gasteiger partial charge in [0.2, 0.25) is 0 Å². The number of hydrogen-bond donors (Lipinski definition) is 2. The van der Waals surface area contributed by atoms with Gasteiger partial charge in [0, 0.05) is 12.1 Å². The Morgan fingerprint density at radius 2 is 1.81 bits per heavy atom. The van der Waals surface area contributed by atoms with Crippen LogP contribution in [0, 0.1) is 0 Å². The Hall–Kier alpha value is -2.30. The molecule has 142 valence electrons. The molecule has 2 N–H and O–H groups in total. The van der Waals surface area contributed by atoms with Crippen molar-refractivity contribution >= 4 is 11.6 Å². The van der Waals surface area contributed by atoms with E-state index in [1.807, 2.05) is 38.1 Å². The van der Waals surface area contributed by atoms with Gasteiger partial charge in [-0.1, -0.05) is 42.8 Å². The maximum absolute atomic E-state index is 6.35. The van der Waals surface area contributed by atoms with E-state index in [9.17, 15) is 0 Å². The molecular weight excluding hydrogens is 358 g/mol. The van der Waals surface area contributed by atoms with Crippen LogP contribution in [0.3, 0.4) is 0 Å². The first-order chi connectivity index (χ1) is 13.1. The summed E-state index contributed by atoms with van der Waals surface area (Å²) in [5, 5.41) is 11.6. The molecule has 1 heterocycles. The number of benzene rings is 2. The molecule has 0 atom stereocenters. The van der Waals surface area contributed by atoms with Gasteiger partial charge >= 0.3 is 0 Å². The highest BCUT2D eigenvalue weighted by molar-refractivity contribution is 6.32. The third-order valence-corrected chi connectivity index (χ3v) is 4.48. The van der Waals surface area contributed by atoms with Gasteiger partial charge in [0.15, 0.2) is 0 Å². The summed E-state index contributed by atoms with van der Waals surface area (Å²) in [6.07, 6.45) is 1.23. The zero-order valence-corrected chi connectivity index (χ0v) is 16.8. The van der Waals surface area contributed by atoms with Crippen molar-refractivity contribution in [2.24, 2.45) is 0 Å². The second kappa shape index (κ2) is 9.07. The van der Waals surface area contributed by atoms with Gasteiger partial charge in [-0.15, -0.1) is 0 Å². The van der Waals surface area contributed by atoms with E-state index in [4.69, 9.17) is 16.3 Å². The van der Waals surface area contributed by atoms with Crippen LogP contribution in [-0.2, 0) is 6.54 Å². The maximum atomic E-state index is 6.35. The molecule has 2 aromatic carbocycles. The summed E-state index contributed by atoms with van der Waals surface area (Å²) < 4.78 is 5.69. The van der Waals surface area contributed by atoms with Crippen LogP contribution in [0.25, 0.3) is 22.5 Å². The summed E-state index contributed by atoms with van der Waals surface area (Å²) in [5.41, 5.74) is 5.19. The normalized spacial score (nSPS) is 11.1. The molecule has 3 aromatic rings. The number of nitrogens with one attached hydrogen (secondary N) is 2. The fourth-order valence-electron chi connectivity index (χ4n) is 2.84. The Bertz CT molecular complexity index is 872. The lowest BCUT2D eigenvalue weighted by molar-refractivity contribution is 0.242. The zero-order chi connectivity index (χ0) is 19.2. The van der Waals surface area contributed by atoms with Crippen molar-refractivity contribution in [3.63, 3.8) is 0 Å². The number of aromatic nitrogens is 2. The van der Waals surface area contributed by atoms with E-state index in [-0.39, 0.29) is 6.10 Å². The average molecular weight is 384 g/mol. The quantitative estimate of drug-likeness (QED) is 0.491. The highest BCUT2D eigenvalue weighted by Crippen LogP contribution is 2.31. The number of rotatable bonds is 8. The van der Waals surface area contributed by atoms with E-state index in [1.54, 1.807) is 0 Å². The SMILES string of the molecule is CCCNCc1ccc(-c2cc(-c3ccc(OC(C)C)c(Cl)c3)n[nH]2)cc1. The molecule has 3 rings (SSSR count). The summed E-state index contributed by atoms with van der Waals surface area (Å²) in [6, 6.07) is 16.3. The maximum Gasteiger partial charge on any atom is 0.138 e. The van der Waals surface area contributed by atoms with Gasteiger partial charge in [-0.25, -0.2) is 0 Å². The van der Waals surface area contributed by atoms with Crippen molar-refractivity contribution in [3.8, 4) is 28.3 Å². The number of hydrogen-bond acceptors (Lipinski definition) is 3. The van der Waals surface area contributed by atoms with E-state index in [0.717, 1.165) is 42.0 Å². The molecule has 0 aliphatic heterocycles. The van der Waals surface area contributed by atoms with Gasteiger partial charge in [0.05, 0.1) is 22.5 Å².